The van der Waals surface area contributed by atoms with Gasteiger partial charge in [-0.25, -0.2) is 8.42 Å². The van der Waals surface area contributed by atoms with E-state index in [1.807, 2.05) is 27.7 Å². The minimum atomic E-state index is -3.43. The van der Waals surface area contributed by atoms with Crippen molar-refractivity contribution in [3.8, 4) is 0 Å². The summed E-state index contributed by atoms with van der Waals surface area (Å²) in [7, 11) is -3.43. The van der Waals surface area contributed by atoms with Crippen LogP contribution in [0.25, 0.3) is 0 Å². The van der Waals surface area contributed by atoms with Crippen molar-refractivity contribution in [2.24, 2.45) is 11.1 Å². The molecule has 2 N–H and O–H groups in total. The van der Waals surface area contributed by atoms with Gasteiger partial charge in [0.2, 0.25) is 0 Å². The smallest absolute Gasteiger partial charge is 0.252 e. The van der Waals surface area contributed by atoms with Crippen LogP contribution in [0.1, 0.15) is 26.3 Å². The van der Waals surface area contributed by atoms with Gasteiger partial charge in [0.15, 0.2) is 0 Å². The second-order valence-electron chi connectivity index (χ2n) is 5.32. The molecule has 1 aromatic rings. The zero-order chi connectivity index (χ0) is 14.8. The first-order chi connectivity index (χ1) is 8.64. The molecule has 0 unspecified atom stereocenters. The van der Waals surface area contributed by atoms with Crippen molar-refractivity contribution in [3.63, 3.8) is 0 Å². The van der Waals surface area contributed by atoms with Crippen LogP contribution in [0.5, 0.6) is 0 Å². The van der Waals surface area contributed by atoms with Gasteiger partial charge < -0.3 is 5.73 Å². The highest BCUT2D eigenvalue weighted by atomic mass is 79.9. The van der Waals surface area contributed by atoms with E-state index in [4.69, 9.17) is 5.73 Å². The third-order valence-corrected chi connectivity index (χ3v) is 7.44. The molecule has 0 aliphatic rings. The number of nitrogens with zero attached hydrogens (tertiary/aromatic N) is 1. The molecule has 7 heteroatoms. The third kappa shape index (κ3) is 4.01. The normalized spacial score (nSPS) is 13.2. The van der Waals surface area contributed by atoms with E-state index >= 15 is 0 Å². The summed E-state index contributed by atoms with van der Waals surface area (Å²) in [5, 5.41) is 0. The van der Waals surface area contributed by atoms with E-state index in [1.165, 1.54) is 15.6 Å². The molecule has 1 rings (SSSR count). The number of rotatable bonds is 6. The number of hydrogen-bond acceptors (Lipinski definition) is 4. The lowest BCUT2D eigenvalue weighted by Gasteiger charge is -2.29. The molecule has 0 fully saturated rings. The second-order valence-corrected chi connectivity index (χ2v) is 9.86. The SMILES string of the molecule is CCN(CC(C)(C)CN)S(=O)(=O)c1cc(C)c(Br)s1. The van der Waals surface area contributed by atoms with Crippen molar-refractivity contribution >= 4 is 37.3 Å². The standard InChI is InChI=1S/C12H21BrN2O2S2/c1-5-15(8-12(3,4)7-14)19(16,17)10-6-9(2)11(13)18-10/h6H,5,7-8,14H2,1-4H3. The molecule has 1 heterocycles. The van der Waals surface area contributed by atoms with Gasteiger partial charge in [-0.1, -0.05) is 20.8 Å². The predicted octanol–water partition coefficient (Wildman–Crippen LogP) is 2.81. The van der Waals surface area contributed by atoms with E-state index in [9.17, 15) is 8.42 Å². The van der Waals surface area contributed by atoms with Crippen molar-refractivity contribution in [1.82, 2.24) is 4.31 Å². The maximum atomic E-state index is 12.6. The minimum absolute atomic E-state index is 0.230. The Morgan fingerprint density at radius 3 is 2.42 bits per heavy atom. The summed E-state index contributed by atoms with van der Waals surface area (Å²) >= 11 is 4.62. The Labute approximate surface area is 128 Å². The number of sulfonamides is 1. The Balaban J connectivity index is 3.09. The van der Waals surface area contributed by atoms with Crippen LogP contribution in [0.4, 0.5) is 0 Å². The quantitative estimate of drug-likeness (QED) is 0.839. The van der Waals surface area contributed by atoms with Crippen LogP contribution in [0, 0.1) is 12.3 Å². The lowest BCUT2D eigenvalue weighted by Crippen LogP contribution is -2.41. The Hall–Kier alpha value is 0.0500. The van der Waals surface area contributed by atoms with Crippen molar-refractivity contribution in [1.29, 1.82) is 0 Å². The zero-order valence-electron chi connectivity index (χ0n) is 11.7. The molecule has 0 atom stereocenters. The minimum Gasteiger partial charge on any atom is -0.330 e. The summed E-state index contributed by atoms with van der Waals surface area (Å²) in [5.74, 6) is 0. The van der Waals surface area contributed by atoms with Crippen molar-refractivity contribution in [2.75, 3.05) is 19.6 Å². The van der Waals surface area contributed by atoms with Gasteiger partial charge in [0.1, 0.15) is 4.21 Å². The van der Waals surface area contributed by atoms with E-state index in [0.717, 1.165) is 9.35 Å². The molecule has 0 radical (unpaired) electrons. The number of hydrogen-bond donors (Lipinski definition) is 1. The molecule has 1 aromatic heterocycles. The van der Waals surface area contributed by atoms with Crippen LogP contribution < -0.4 is 5.73 Å². The molecule has 0 aromatic carbocycles. The molecule has 0 bridgehead atoms. The van der Waals surface area contributed by atoms with Crippen LogP contribution in [0.2, 0.25) is 0 Å². The number of thiophene rings is 1. The molecule has 0 spiro atoms. The van der Waals surface area contributed by atoms with Gasteiger partial charge in [-0.15, -0.1) is 11.3 Å². The topological polar surface area (TPSA) is 63.4 Å². The summed E-state index contributed by atoms with van der Waals surface area (Å²) in [4.78, 5) is 0. The van der Waals surface area contributed by atoms with E-state index in [-0.39, 0.29) is 5.41 Å². The molecular formula is C12H21BrN2O2S2. The lowest BCUT2D eigenvalue weighted by atomic mass is 9.94. The average Bonchev–Trinajstić information content (AvgIpc) is 2.67. The largest absolute Gasteiger partial charge is 0.330 e. The van der Waals surface area contributed by atoms with Crippen LogP contribution in [0.3, 0.4) is 0 Å². The maximum absolute atomic E-state index is 12.6. The molecule has 0 saturated heterocycles. The Kier molecular flexibility index (Phi) is 5.60. The van der Waals surface area contributed by atoms with Gasteiger partial charge in [0.25, 0.3) is 10.0 Å². The summed E-state index contributed by atoms with van der Waals surface area (Å²) in [6.07, 6.45) is 0. The first-order valence-corrected chi connectivity index (χ1v) is 9.15. The maximum Gasteiger partial charge on any atom is 0.252 e. The summed E-state index contributed by atoms with van der Waals surface area (Å²) < 4.78 is 27.9. The highest BCUT2D eigenvalue weighted by molar-refractivity contribution is 9.11. The van der Waals surface area contributed by atoms with Crippen molar-refractivity contribution in [2.45, 2.75) is 31.9 Å². The van der Waals surface area contributed by atoms with E-state index in [0.29, 0.717) is 23.8 Å². The summed E-state index contributed by atoms with van der Waals surface area (Å²) in [5.41, 5.74) is 6.41. The molecule has 19 heavy (non-hydrogen) atoms. The Morgan fingerprint density at radius 2 is 2.05 bits per heavy atom. The second kappa shape index (κ2) is 6.22. The third-order valence-electron chi connectivity index (χ3n) is 2.94. The van der Waals surface area contributed by atoms with Gasteiger partial charge in [0, 0.05) is 13.1 Å². The molecule has 0 amide bonds. The molecule has 0 aliphatic carbocycles. The van der Waals surface area contributed by atoms with Crippen LogP contribution in [-0.2, 0) is 10.0 Å². The highest BCUT2D eigenvalue weighted by Gasteiger charge is 2.30. The Bertz CT molecular complexity index is 518. The van der Waals surface area contributed by atoms with Gasteiger partial charge in [0.05, 0.1) is 3.79 Å². The molecule has 110 valence electrons. The number of nitrogens with two attached hydrogens (primary N) is 1. The number of aryl methyl sites for hydroxylation is 1. The van der Waals surface area contributed by atoms with Crippen molar-refractivity contribution in [3.05, 3.63) is 15.4 Å². The first kappa shape index (κ1) is 17.1. The predicted molar refractivity (Wildman–Crippen MR) is 84.0 cm³/mol. The fourth-order valence-corrected chi connectivity index (χ4v) is 5.61. The lowest BCUT2D eigenvalue weighted by molar-refractivity contribution is 0.273. The van der Waals surface area contributed by atoms with Gasteiger partial charge in [-0.05, 0) is 46.4 Å². The van der Waals surface area contributed by atoms with E-state index < -0.39 is 10.0 Å². The van der Waals surface area contributed by atoms with Gasteiger partial charge >= 0.3 is 0 Å². The molecule has 4 nitrogen and oxygen atoms in total. The Morgan fingerprint density at radius 1 is 1.47 bits per heavy atom. The molecule has 0 saturated carbocycles. The zero-order valence-corrected chi connectivity index (χ0v) is 15.0. The fraction of sp³-hybridized carbons (Fsp3) is 0.667. The van der Waals surface area contributed by atoms with Gasteiger partial charge in [-0.2, -0.15) is 4.31 Å². The van der Waals surface area contributed by atoms with Gasteiger partial charge in [-0.3, -0.25) is 0 Å². The molecular weight excluding hydrogens is 348 g/mol. The van der Waals surface area contributed by atoms with E-state index in [2.05, 4.69) is 15.9 Å². The highest BCUT2D eigenvalue weighted by Crippen LogP contribution is 2.33. The van der Waals surface area contributed by atoms with Crippen LogP contribution in [0.15, 0.2) is 14.1 Å². The summed E-state index contributed by atoms with van der Waals surface area (Å²) in [6, 6.07) is 1.71. The summed E-state index contributed by atoms with van der Waals surface area (Å²) in [6.45, 7) is 9.00. The monoisotopic (exact) mass is 368 g/mol. The van der Waals surface area contributed by atoms with Crippen molar-refractivity contribution < 1.29 is 8.42 Å². The number of halogens is 1. The van der Waals surface area contributed by atoms with Crippen LogP contribution in [-0.4, -0.2) is 32.4 Å². The first-order valence-electron chi connectivity index (χ1n) is 6.10. The van der Waals surface area contributed by atoms with Crippen LogP contribution >= 0.6 is 27.3 Å². The van der Waals surface area contributed by atoms with E-state index in [1.54, 1.807) is 6.07 Å². The average molecular weight is 369 g/mol. The fourth-order valence-electron chi connectivity index (χ4n) is 1.59. The molecule has 0 aliphatic heterocycles.